The van der Waals surface area contributed by atoms with E-state index in [0.29, 0.717) is 11.3 Å². The highest BCUT2D eigenvalue weighted by Crippen LogP contribution is 2.40. The minimum absolute atomic E-state index is 0.0299. The largest absolute Gasteiger partial charge is 0.481 e. The number of hydrogen-bond acceptors (Lipinski definition) is 3. The molecule has 1 aliphatic rings. The Bertz CT molecular complexity index is 422. The fourth-order valence-electron chi connectivity index (χ4n) is 2.82. The molecule has 0 aromatic carbocycles. The molecule has 0 atom stereocenters. The molecule has 1 saturated carbocycles. The first-order valence-corrected chi connectivity index (χ1v) is 9.03. The molecule has 20 heavy (non-hydrogen) atoms. The molecular formula is C14H27NO4S. The Morgan fingerprint density at radius 3 is 2.25 bits per heavy atom. The molecule has 118 valence electrons. The van der Waals surface area contributed by atoms with Gasteiger partial charge in [0, 0.05) is 6.04 Å². The Morgan fingerprint density at radius 1 is 1.25 bits per heavy atom. The summed E-state index contributed by atoms with van der Waals surface area (Å²) in [4.78, 5) is 10.4. The summed E-state index contributed by atoms with van der Waals surface area (Å²) in [6.45, 7) is 6.74. The maximum atomic E-state index is 11.8. The number of carboxylic acid groups (broad SMARTS) is 1. The van der Waals surface area contributed by atoms with Gasteiger partial charge in [-0.15, -0.1) is 0 Å². The molecule has 1 rings (SSSR count). The van der Waals surface area contributed by atoms with Crippen LogP contribution in [0.2, 0.25) is 0 Å². The van der Waals surface area contributed by atoms with Crippen LogP contribution in [0.4, 0.5) is 0 Å². The van der Waals surface area contributed by atoms with Crippen molar-refractivity contribution in [2.75, 3.05) is 5.75 Å². The van der Waals surface area contributed by atoms with Crippen LogP contribution in [0.15, 0.2) is 0 Å². The van der Waals surface area contributed by atoms with Crippen molar-refractivity contribution in [3.8, 4) is 0 Å². The Labute approximate surface area is 122 Å². The van der Waals surface area contributed by atoms with E-state index >= 15 is 0 Å². The van der Waals surface area contributed by atoms with E-state index in [-0.39, 0.29) is 18.2 Å². The summed E-state index contributed by atoms with van der Waals surface area (Å²) < 4.78 is 26.2. The Morgan fingerprint density at radius 2 is 1.80 bits per heavy atom. The molecule has 0 aromatic heterocycles. The quantitative estimate of drug-likeness (QED) is 0.756. The van der Waals surface area contributed by atoms with Gasteiger partial charge in [0.1, 0.15) is 0 Å². The first-order chi connectivity index (χ1) is 9.16. The molecule has 0 saturated heterocycles. The highest BCUT2D eigenvalue weighted by molar-refractivity contribution is 7.89. The van der Waals surface area contributed by atoms with Crippen LogP contribution < -0.4 is 4.72 Å². The first kappa shape index (κ1) is 17.4. The van der Waals surface area contributed by atoms with Crippen molar-refractivity contribution >= 4 is 16.0 Å². The number of carboxylic acids is 1. The third kappa shape index (κ3) is 5.40. The van der Waals surface area contributed by atoms with Gasteiger partial charge in [-0.25, -0.2) is 13.1 Å². The van der Waals surface area contributed by atoms with Gasteiger partial charge >= 0.3 is 5.97 Å². The second-order valence-electron chi connectivity index (χ2n) is 6.47. The molecule has 0 bridgehead atoms. The highest BCUT2D eigenvalue weighted by Gasteiger charge is 2.32. The summed E-state index contributed by atoms with van der Waals surface area (Å²) in [6.07, 6.45) is 4.56. The van der Waals surface area contributed by atoms with Crippen molar-refractivity contribution in [2.24, 2.45) is 11.3 Å². The standard InChI is InChI=1S/C14H27NO4S/c1-4-14(2,3)11-5-7-12(8-6-11)15-20(18,19)10-9-13(16)17/h11-12,15H,4-10H2,1-3H3,(H,16,17). The monoisotopic (exact) mass is 305 g/mol. The fraction of sp³-hybridized carbons (Fsp3) is 0.929. The van der Waals surface area contributed by atoms with Crippen LogP contribution in [0.25, 0.3) is 0 Å². The van der Waals surface area contributed by atoms with Crippen molar-refractivity contribution in [1.82, 2.24) is 4.72 Å². The second-order valence-corrected chi connectivity index (χ2v) is 8.34. The molecule has 5 nitrogen and oxygen atoms in total. The molecule has 0 aromatic rings. The first-order valence-electron chi connectivity index (χ1n) is 7.38. The van der Waals surface area contributed by atoms with E-state index < -0.39 is 16.0 Å². The van der Waals surface area contributed by atoms with Crippen LogP contribution in [0.5, 0.6) is 0 Å². The summed E-state index contributed by atoms with van der Waals surface area (Å²) >= 11 is 0. The van der Waals surface area contributed by atoms with E-state index in [0.717, 1.165) is 32.1 Å². The predicted octanol–water partition coefficient (Wildman–Crippen LogP) is 2.38. The van der Waals surface area contributed by atoms with E-state index in [1.54, 1.807) is 0 Å². The summed E-state index contributed by atoms with van der Waals surface area (Å²) in [5.41, 5.74) is 0.313. The van der Waals surface area contributed by atoms with Crippen LogP contribution >= 0.6 is 0 Å². The Hall–Kier alpha value is -0.620. The van der Waals surface area contributed by atoms with E-state index in [4.69, 9.17) is 5.11 Å². The van der Waals surface area contributed by atoms with Crippen molar-refractivity contribution < 1.29 is 18.3 Å². The smallest absolute Gasteiger partial charge is 0.304 e. The molecule has 0 heterocycles. The van der Waals surface area contributed by atoms with Gasteiger partial charge in [-0.1, -0.05) is 27.2 Å². The Kier molecular flexibility index (Phi) is 6.01. The lowest BCUT2D eigenvalue weighted by molar-refractivity contribution is -0.136. The zero-order chi connectivity index (χ0) is 15.4. The van der Waals surface area contributed by atoms with Crippen molar-refractivity contribution in [2.45, 2.75) is 65.3 Å². The lowest BCUT2D eigenvalue weighted by Crippen LogP contribution is -2.41. The minimum atomic E-state index is -3.47. The number of nitrogens with one attached hydrogen (secondary N) is 1. The van der Waals surface area contributed by atoms with Gasteiger partial charge in [0.25, 0.3) is 0 Å². The highest BCUT2D eigenvalue weighted by atomic mass is 32.2. The van der Waals surface area contributed by atoms with Gasteiger partial charge < -0.3 is 5.11 Å². The van der Waals surface area contributed by atoms with Crippen molar-refractivity contribution in [1.29, 1.82) is 0 Å². The molecule has 1 fully saturated rings. The van der Waals surface area contributed by atoms with Gasteiger partial charge in [-0.2, -0.15) is 0 Å². The molecule has 0 unspecified atom stereocenters. The lowest BCUT2D eigenvalue weighted by atomic mass is 9.69. The topological polar surface area (TPSA) is 83.5 Å². The normalized spacial score (nSPS) is 24.6. The van der Waals surface area contributed by atoms with Crippen LogP contribution in [-0.2, 0) is 14.8 Å². The number of carbonyl (C=O) groups is 1. The molecule has 0 aliphatic heterocycles. The summed E-state index contributed by atoms with van der Waals surface area (Å²) in [5.74, 6) is -0.765. The molecule has 0 radical (unpaired) electrons. The molecule has 0 amide bonds. The van der Waals surface area contributed by atoms with Gasteiger partial charge in [0.2, 0.25) is 10.0 Å². The van der Waals surface area contributed by atoms with E-state index in [1.807, 2.05) is 0 Å². The zero-order valence-corrected chi connectivity index (χ0v) is 13.5. The third-order valence-electron chi connectivity index (χ3n) is 4.67. The van der Waals surface area contributed by atoms with E-state index in [1.165, 1.54) is 0 Å². The maximum Gasteiger partial charge on any atom is 0.304 e. The lowest BCUT2D eigenvalue weighted by Gasteiger charge is -2.39. The molecule has 1 aliphatic carbocycles. The minimum Gasteiger partial charge on any atom is -0.481 e. The van der Waals surface area contributed by atoms with Gasteiger partial charge in [0.05, 0.1) is 12.2 Å². The van der Waals surface area contributed by atoms with Gasteiger partial charge in [0.15, 0.2) is 0 Å². The van der Waals surface area contributed by atoms with E-state index in [2.05, 4.69) is 25.5 Å². The van der Waals surface area contributed by atoms with Crippen LogP contribution in [0.3, 0.4) is 0 Å². The van der Waals surface area contributed by atoms with E-state index in [9.17, 15) is 13.2 Å². The number of aliphatic carboxylic acids is 1. The molecule has 0 spiro atoms. The summed E-state index contributed by atoms with van der Waals surface area (Å²) in [5, 5.41) is 8.54. The number of rotatable bonds is 7. The third-order valence-corrected chi connectivity index (χ3v) is 6.11. The molecule has 2 N–H and O–H groups in total. The average Bonchev–Trinajstić information content (AvgIpc) is 2.37. The molecular weight excluding hydrogens is 278 g/mol. The maximum absolute atomic E-state index is 11.8. The zero-order valence-electron chi connectivity index (χ0n) is 12.7. The average molecular weight is 305 g/mol. The number of hydrogen-bond donors (Lipinski definition) is 2. The second kappa shape index (κ2) is 6.89. The van der Waals surface area contributed by atoms with Crippen LogP contribution in [0, 0.1) is 11.3 Å². The van der Waals surface area contributed by atoms with Crippen LogP contribution in [-0.4, -0.2) is 31.3 Å². The predicted molar refractivity (Wildman–Crippen MR) is 79.0 cm³/mol. The number of sulfonamides is 1. The Balaban J connectivity index is 2.44. The van der Waals surface area contributed by atoms with Crippen molar-refractivity contribution in [3.05, 3.63) is 0 Å². The van der Waals surface area contributed by atoms with Crippen molar-refractivity contribution in [3.63, 3.8) is 0 Å². The fourth-order valence-corrected chi connectivity index (χ4v) is 4.12. The van der Waals surface area contributed by atoms with Gasteiger partial charge in [-0.05, 0) is 37.0 Å². The van der Waals surface area contributed by atoms with Crippen LogP contribution in [0.1, 0.15) is 59.3 Å². The SMILES string of the molecule is CCC(C)(C)C1CCC(NS(=O)(=O)CCC(=O)O)CC1. The summed E-state index contributed by atoms with van der Waals surface area (Å²) in [6, 6.07) is -0.0299. The molecule has 6 heteroatoms. The van der Waals surface area contributed by atoms with Gasteiger partial charge in [-0.3, -0.25) is 4.79 Å². The summed E-state index contributed by atoms with van der Waals surface area (Å²) in [7, 11) is -3.47.